The van der Waals surface area contributed by atoms with Crippen molar-refractivity contribution in [1.82, 2.24) is 16.0 Å². The van der Waals surface area contributed by atoms with E-state index in [0.717, 1.165) is 0 Å². The van der Waals surface area contributed by atoms with Gasteiger partial charge >= 0.3 is 5.97 Å². The van der Waals surface area contributed by atoms with Gasteiger partial charge in [0.2, 0.25) is 17.7 Å². The van der Waals surface area contributed by atoms with Gasteiger partial charge in [-0.15, -0.1) is 0 Å². The minimum atomic E-state index is -1.54. The number of hydrogen-bond acceptors (Lipinski definition) is 9. The van der Waals surface area contributed by atoms with E-state index in [4.69, 9.17) is 27.4 Å². The Hall–Kier alpha value is -2.23. The number of aliphatic hydroxyl groups excluding tert-OH is 1. The molecular formula is C17H33N7O6S2. The smallest absolute Gasteiger partial charge is 0.328 e. The normalized spacial score (nSPS) is 14.4. The van der Waals surface area contributed by atoms with Crippen molar-refractivity contribution < 1.29 is 29.4 Å². The molecule has 32 heavy (non-hydrogen) atoms. The number of nitrogens with one attached hydrogen (secondary N) is 3. The molecule has 0 bridgehead atoms. The number of aliphatic carboxylic acids is 1. The number of nitrogens with zero attached hydrogens (tertiary/aromatic N) is 1. The fourth-order valence-electron chi connectivity index (χ4n) is 2.37. The molecule has 0 saturated carbocycles. The van der Waals surface area contributed by atoms with E-state index in [9.17, 15) is 19.2 Å². The fraction of sp³-hybridized carbons (Fsp3) is 0.706. The first-order valence-corrected chi connectivity index (χ1v) is 11.8. The zero-order valence-electron chi connectivity index (χ0n) is 17.8. The van der Waals surface area contributed by atoms with Gasteiger partial charge in [0.05, 0.1) is 12.6 Å². The highest BCUT2D eigenvalue weighted by Gasteiger charge is 2.29. The van der Waals surface area contributed by atoms with Crippen molar-refractivity contribution in [3.63, 3.8) is 0 Å². The molecule has 0 heterocycles. The van der Waals surface area contributed by atoms with E-state index < -0.39 is 54.5 Å². The molecule has 15 heteroatoms. The Morgan fingerprint density at radius 3 is 2.00 bits per heavy atom. The fourth-order valence-corrected chi connectivity index (χ4v) is 3.01. The van der Waals surface area contributed by atoms with E-state index in [0.29, 0.717) is 12.2 Å². The molecule has 0 aromatic rings. The van der Waals surface area contributed by atoms with Crippen molar-refractivity contribution in [2.24, 2.45) is 22.2 Å². The molecule has 4 unspecified atom stereocenters. The third-order valence-corrected chi connectivity index (χ3v) is 5.19. The van der Waals surface area contributed by atoms with E-state index in [1.54, 1.807) is 0 Å². The summed E-state index contributed by atoms with van der Waals surface area (Å²) in [6, 6.07) is -4.58. The van der Waals surface area contributed by atoms with Crippen LogP contribution in [-0.4, -0.2) is 94.9 Å². The molecule has 4 atom stereocenters. The second-order valence-corrected chi connectivity index (χ2v) is 8.07. The number of amides is 3. The van der Waals surface area contributed by atoms with Crippen molar-refractivity contribution in [1.29, 1.82) is 0 Å². The summed E-state index contributed by atoms with van der Waals surface area (Å²) in [6.45, 7) is -0.655. The number of guanidine groups is 1. The minimum absolute atomic E-state index is 0.0749. The van der Waals surface area contributed by atoms with Gasteiger partial charge in [-0.1, -0.05) is 0 Å². The largest absolute Gasteiger partial charge is 0.480 e. The molecule has 11 N–H and O–H groups in total. The van der Waals surface area contributed by atoms with Gasteiger partial charge in [0.15, 0.2) is 5.96 Å². The third kappa shape index (κ3) is 12.0. The molecule has 0 aliphatic rings. The predicted octanol–water partition coefficient (Wildman–Crippen LogP) is -3.42. The Bertz CT molecular complexity index is 663. The van der Waals surface area contributed by atoms with Crippen LogP contribution in [-0.2, 0) is 19.2 Å². The molecule has 0 spiro atoms. The molecular weight excluding hydrogens is 462 g/mol. The average molecular weight is 496 g/mol. The molecule has 0 radical (unpaired) electrons. The van der Waals surface area contributed by atoms with Gasteiger partial charge in [-0.3, -0.25) is 19.4 Å². The van der Waals surface area contributed by atoms with Gasteiger partial charge in [0.1, 0.15) is 18.1 Å². The van der Waals surface area contributed by atoms with Crippen LogP contribution >= 0.6 is 24.4 Å². The number of rotatable bonds is 16. The van der Waals surface area contributed by atoms with Gasteiger partial charge in [-0.2, -0.15) is 24.4 Å². The highest BCUT2D eigenvalue weighted by Crippen LogP contribution is 2.05. The first-order chi connectivity index (χ1) is 15.1. The van der Waals surface area contributed by atoms with Crippen LogP contribution in [0.3, 0.4) is 0 Å². The molecule has 0 saturated heterocycles. The van der Waals surface area contributed by atoms with E-state index in [1.807, 2.05) is 6.26 Å². The second-order valence-electron chi connectivity index (χ2n) is 6.72. The van der Waals surface area contributed by atoms with Crippen LogP contribution in [0.5, 0.6) is 0 Å². The van der Waals surface area contributed by atoms with E-state index in [1.165, 1.54) is 11.8 Å². The number of thioether (sulfide) groups is 1. The van der Waals surface area contributed by atoms with E-state index in [2.05, 4.69) is 33.6 Å². The summed E-state index contributed by atoms with van der Waals surface area (Å²) < 4.78 is 0. The first-order valence-electron chi connectivity index (χ1n) is 9.72. The van der Waals surface area contributed by atoms with Gasteiger partial charge in [-0.05, 0) is 31.3 Å². The summed E-state index contributed by atoms with van der Waals surface area (Å²) in [5.41, 5.74) is 16.2. The summed E-state index contributed by atoms with van der Waals surface area (Å²) in [5.74, 6) is -2.97. The minimum Gasteiger partial charge on any atom is -0.480 e. The van der Waals surface area contributed by atoms with E-state index >= 15 is 0 Å². The van der Waals surface area contributed by atoms with Crippen molar-refractivity contribution in [2.45, 2.75) is 43.4 Å². The van der Waals surface area contributed by atoms with Crippen LogP contribution in [0.4, 0.5) is 0 Å². The number of carboxylic acids is 1. The Morgan fingerprint density at radius 1 is 1.00 bits per heavy atom. The van der Waals surface area contributed by atoms with Gasteiger partial charge in [-0.25, -0.2) is 4.79 Å². The third-order valence-electron chi connectivity index (χ3n) is 4.15. The molecule has 184 valence electrons. The standard InChI is InChI=1S/C17H33N7O6S2/c1-32-6-4-11(22-13(26)9(18)8-31)15(28)23-10(3-2-5-21-17(19)20)14(27)24-12(7-25)16(29)30/h9-12,25,31H,2-8,18H2,1H3,(H,22,26)(H,23,28)(H,24,27)(H,29,30)(H4,19,20,21). The Morgan fingerprint density at radius 2 is 1.53 bits per heavy atom. The summed E-state index contributed by atoms with van der Waals surface area (Å²) in [5, 5.41) is 25.4. The molecule has 3 amide bonds. The lowest BCUT2D eigenvalue weighted by Crippen LogP contribution is -2.57. The molecule has 0 aliphatic heterocycles. The summed E-state index contributed by atoms with van der Waals surface area (Å²) in [7, 11) is 0. The highest BCUT2D eigenvalue weighted by atomic mass is 32.2. The summed E-state index contributed by atoms with van der Waals surface area (Å²) in [6.07, 6.45) is 2.47. The highest BCUT2D eigenvalue weighted by molar-refractivity contribution is 7.98. The lowest BCUT2D eigenvalue weighted by Gasteiger charge is -2.24. The van der Waals surface area contributed by atoms with Crippen LogP contribution in [0.2, 0.25) is 0 Å². The monoisotopic (exact) mass is 495 g/mol. The maximum atomic E-state index is 12.8. The lowest BCUT2D eigenvalue weighted by atomic mass is 10.1. The molecule has 0 aromatic heterocycles. The van der Waals surface area contributed by atoms with Crippen LogP contribution in [0.1, 0.15) is 19.3 Å². The first kappa shape index (κ1) is 29.8. The van der Waals surface area contributed by atoms with Crippen LogP contribution in [0.25, 0.3) is 0 Å². The Labute approximate surface area is 196 Å². The maximum Gasteiger partial charge on any atom is 0.328 e. The molecule has 13 nitrogen and oxygen atoms in total. The van der Waals surface area contributed by atoms with Crippen LogP contribution in [0, 0.1) is 0 Å². The number of carboxylic acid groups (broad SMARTS) is 1. The van der Waals surface area contributed by atoms with Crippen molar-refractivity contribution >= 4 is 54.0 Å². The average Bonchev–Trinajstić information content (AvgIpc) is 2.75. The zero-order chi connectivity index (χ0) is 24.7. The van der Waals surface area contributed by atoms with E-state index in [-0.39, 0.29) is 31.1 Å². The number of thiol groups is 1. The topological polar surface area (TPSA) is 235 Å². The predicted molar refractivity (Wildman–Crippen MR) is 125 cm³/mol. The molecule has 0 fully saturated rings. The second kappa shape index (κ2) is 16.4. The summed E-state index contributed by atoms with van der Waals surface area (Å²) in [4.78, 5) is 52.4. The van der Waals surface area contributed by atoms with Crippen molar-refractivity contribution in [3.05, 3.63) is 0 Å². The summed E-state index contributed by atoms with van der Waals surface area (Å²) >= 11 is 5.42. The Kier molecular flexibility index (Phi) is 15.3. The lowest BCUT2D eigenvalue weighted by molar-refractivity contribution is -0.143. The number of carbonyl (C=O) groups excluding carboxylic acids is 3. The van der Waals surface area contributed by atoms with Gasteiger partial charge in [0.25, 0.3) is 0 Å². The van der Waals surface area contributed by atoms with Crippen molar-refractivity contribution in [2.75, 3.05) is 30.9 Å². The number of carbonyl (C=O) groups is 4. The van der Waals surface area contributed by atoms with Crippen LogP contribution < -0.4 is 33.2 Å². The maximum absolute atomic E-state index is 12.8. The Balaban J connectivity index is 5.42. The molecule has 0 aromatic carbocycles. The SMILES string of the molecule is CSCCC(NC(=O)C(N)CS)C(=O)NC(CCCN=C(N)N)C(=O)NC(CO)C(=O)O. The van der Waals surface area contributed by atoms with Crippen LogP contribution in [0.15, 0.2) is 4.99 Å². The number of nitrogens with two attached hydrogens (primary N) is 3. The van der Waals surface area contributed by atoms with Gasteiger partial charge < -0.3 is 43.4 Å². The number of hydrogen-bond donors (Lipinski definition) is 9. The quantitative estimate of drug-likeness (QED) is 0.0445. The van der Waals surface area contributed by atoms with Gasteiger partial charge in [0, 0.05) is 12.3 Å². The molecule has 0 aliphatic carbocycles. The molecule has 0 rings (SSSR count). The number of aliphatic imine (C=N–C) groups is 1. The zero-order valence-corrected chi connectivity index (χ0v) is 19.5. The number of aliphatic hydroxyl groups is 1. The van der Waals surface area contributed by atoms with Crippen molar-refractivity contribution in [3.8, 4) is 0 Å².